The van der Waals surface area contributed by atoms with E-state index in [0.29, 0.717) is 6.42 Å². The zero-order valence-corrected chi connectivity index (χ0v) is 11.9. The molecule has 1 atom stereocenters. The number of aryl methyl sites for hydroxylation is 1. The lowest BCUT2D eigenvalue weighted by molar-refractivity contribution is 0.0393. The molecule has 0 saturated carbocycles. The van der Waals surface area contributed by atoms with E-state index in [1.54, 1.807) is 0 Å². The molecule has 0 amide bonds. The Morgan fingerprint density at radius 2 is 1.62 bits per heavy atom. The molecule has 0 aliphatic heterocycles. The number of fused-ring (bicyclic) bond motifs is 2. The summed E-state index contributed by atoms with van der Waals surface area (Å²) in [5, 5.41) is 13.6. The maximum Gasteiger partial charge on any atom is 0.0942 e. The van der Waals surface area contributed by atoms with Crippen LogP contribution in [0.1, 0.15) is 23.1 Å². The van der Waals surface area contributed by atoms with E-state index in [4.69, 9.17) is 0 Å². The molecule has 21 heavy (non-hydrogen) atoms. The van der Waals surface area contributed by atoms with Gasteiger partial charge in [0.1, 0.15) is 0 Å². The molecule has 0 bridgehead atoms. The highest BCUT2D eigenvalue weighted by atomic mass is 16.3. The van der Waals surface area contributed by atoms with Crippen LogP contribution in [0.2, 0.25) is 0 Å². The SMILES string of the molecule is OC1(Cc2cccc3ccccc23)CCc2ccccc21. The van der Waals surface area contributed by atoms with E-state index in [1.165, 1.54) is 21.9 Å². The van der Waals surface area contributed by atoms with E-state index >= 15 is 0 Å². The van der Waals surface area contributed by atoms with Crippen LogP contribution in [-0.4, -0.2) is 5.11 Å². The van der Waals surface area contributed by atoms with Crippen LogP contribution in [0.5, 0.6) is 0 Å². The first-order valence-corrected chi connectivity index (χ1v) is 7.54. The van der Waals surface area contributed by atoms with Crippen molar-refractivity contribution in [2.24, 2.45) is 0 Å². The first-order chi connectivity index (χ1) is 10.3. The molecule has 0 saturated heterocycles. The smallest absolute Gasteiger partial charge is 0.0942 e. The van der Waals surface area contributed by atoms with Gasteiger partial charge < -0.3 is 5.11 Å². The van der Waals surface area contributed by atoms with E-state index in [9.17, 15) is 5.11 Å². The summed E-state index contributed by atoms with van der Waals surface area (Å²) in [7, 11) is 0. The van der Waals surface area contributed by atoms with Gasteiger partial charge in [-0.25, -0.2) is 0 Å². The largest absolute Gasteiger partial charge is 0.385 e. The molecule has 0 heterocycles. The minimum absolute atomic E-state index is 0.686. The first-order valence-electron chi connectivity index (χ1n) is 7.54. The summed E-state index contributed by atoms with van der Waals surface area (Å²) in [4.78, 5) is 0. The average Bonchev–Trinajstić information content (AvgIpc) is 2.86. The molecule has 4 rings (SSSR count). The molecule has 0 aromatic heterocycles. The van der Waals surface area contributed by atoms with Gasteiger partial charge in [-0.05, 0) is 40.3 Å². The third-order valence-corrected chi connectivity index (χ3v) is 4.69. The van der Waals surface area contributed by atoms with Gasteiger partial charge in [-0.1, -0.05) is 66.7 Å². The number of benzene rings is 3. The zero-order valence-electron chi connectivity index (χ0n) is 11.9. The van der Waals surface area contributed by atoms with Crippen molar-refractivity contribution in [1.29, 1.82) is 0 Å². The number of aliphatic hydroxyl groups is 1. The fraction of sp³-hybridized carbons (Fsp3) is 0.200. The van der Waals surface area contributed by atoms with Crippen LogP contribution in [0.4, 0.5) is 0 Å². The predicted molar refractivity (Wildman–Crippen MR) is 86.3 cm³/mol. The molecule has 0 radical (unpaired) electrons. The molecule has 104 valence electrons. The Labute approximate surface area is 124 Å². The second-order valence-corrected chi connectivity index (χ2v) is 6.00. The Morgan fingerprint density at radius 3 is 2.57 bits per heavy atom. The Hall–Kier alpha value is -2.12. The monoisotopic (exact) mass is 274 g/mol. The fourth-order valence-corrected chi connectivity index (χ4v) is 3.61. The summed E-state index contributed by atoms with van der Waals surface area (Å²) in [6, 6.07) is 23.1. The van der Waals surface area contributed by atoms with Gasteiger partial charge in [0.25, 0.3) is 0 Å². The van der Waals surface area contributed by atoms with Crippen molar-refractivity contribution in [3.05, 3.63) is 83.4 Å². The minimum atomic E-state index is -0.722. The van der Waals surface area contributed by atoms with Crippen molar-refractivity contribution in [1.82, 2.24) is 0 Å². The summed E-state index contributed by atoms with van der Waals surface area (Å²) < 4.78 is 0. The Balaban J connectivity index is 1.79. The van der Waals surface area contributed by atoms with Gasteiger partial charge in [0.15, 0.2) is 0 Å². The van der Waals surface area contributed by atoms with Gasteiger partial charge in [-0.3, -0.25) is 0 Å². The average molecular weight is 274 g/mol. The molecule has 1 N–H and O–H groups in total. The summed E-state index contributed by atoms with van der Waals surface area (Å²) in [6.07, 6.45) is 2.47. The fourth-order valence-electron chi connectivity index (χ4n) is 3.61. The number of hydrogen-bond acceptors (Lipinski definition) is 1. The molecule has 1 unspecified atom stereocenters. The van der Waals surface area contributed by atoms with Crippen molar-refractivity contribution in [2.45, 2.75) is 24.9 Å². The summed E-state index contributed by atoms with van der Waals surface area (Å²) in [5.74, 6) is 0. The zero-order chi connectivity index (χ0) is 14.3. The van der Waals surface area contributed by atoms with Gasteiger partial charge in [-0.2, -0.15) is 0 Å². The maximum atomic E-state index is 11.2. The third kappa shape index (κ3) is 2.05. The molecular formula is C20H18O. The third-order valence-electron chi connectivity index (χ3n) is 4.69. The van der Waals surface area contributed by atoms with Crippen LogP contribution in [0, 0.1) is 0 Å². The minimum Gasteiger partial charge on any atom is -0.385 e. The number of hydrogen-bond donors (Lipinski definition) is 1. The second kappa shape index (κ2) is 4.71. The van der Waals surface area contributed by atoms with E-state index in [-0.39, 0.29) is 0 Å². The summed E-state index contributed by atoms with van der Waals surface area (Å²) in [5.41, 5.74) is 2.91. The molecular weight excluding hydrogens is 256 g/mol. The van der Waals surface area contributed by atoms with Gasteiger partial charge in [-0.15, -0.1) is 0 Å². The quantitative estimate of drug-likeness (QED) is 0.742. The van der Waals surface area contributed by atoms with Crippen LogP contribution in [0.15, 0.2) is 66.7 Å². The molecule has 0 spiro atoms. The van der Waals surface area contributed by atoms with Crippen molar-refractivity contribution in [3.8, 4) is 0 Å². The summed E-state index contributed by atoms with van der Waals surface area (Å²) >= 11 is 0. The highest BCUT2D eigenvalue weighted by Gasteiger charge is 2.36. The van der Waals surface area contributed by atoms with Crippen molar-refractivity contribution < 1.29 is 5.11 Å². The first kappa shape index (κ1) is 12.6. The topological polar surface area (TPSA) is 20.2 Å². The Kier molecular flexibility index (Phi) is 2.83. The van der Waals surface area contributed by atoms with Gasteiger partial charge in [0, 0.05) is 6.42 Å². The standard InChI is InChI=1S/C20H18O/c21-20(13-12-16-7-2-4-11-19(16)20)14-17-9-5-8-15-6-1-3-10-18(15)17/h1-11,21H,12-14H2. The summed E-state index contributed by atoms with van der Waals surface area (Å²) in [6.45, 7) is 0. The van der Waals surface area contributed by atoms with E-state index < -0.39 is 5.60 Å². The van der Waals surface area contributed by atoms with Crippen molar-refractivity contribution >= 4 is 10.8 Å². The van der Waals surface area contributed by atoms with Crippen LogP contribution >= 0.6 is 0 Å². The molecule has 3 aromatic rings. The van der Waals surface area contributed by atoms with Gasteiger partial charge in [0.05, 0.1) is 5.60 Å². The van der Waals surface area contributed by atoms with Crippen molar-refractivity contribution in [3.63, 3.8) is 0 Å². The highest BCUT2D eigenvalue weighted by Crippen LogP contribution is 2.40. The highest BCUT2D eigenvalue weighted by molar-refractivity contribution is 5.85. The lowest BCUT2D eigenvalue weighted by Crippen LogP contribution is -2.25. The van der Waals surface area contributed by atoms with Gasteiger partial charge in [0.2, 0.25) is 0 Å². The van der Waals surface area contributed by atoms with E-state index in [1.807, 2.05) is 6.07 Å². The molecule has 1 aliphatic carbocycles. The normalized spacial score (nSPS) is 20.6. The number of rotatable bonds is 2. The Bertz CT molecular complexity index is 800. The molecule has 1 heteroatoms. The second-order valence-electron chi connectivity index (χ2n) is 6.00. The molecule has 0 fully saturated rings. The van der Waals surface area contributed by atoms with E-state index in [0.717, 1.165) is 18.4 Å². The van der Waals surface area contributed by atoms with E-state index in [2.05, 4.69) is 60.7 Å². The van der Waals surface area contributed by atoms with Crippen LogP contribution in [-0.2, 0) is 18.4 Å². The molecule has 3 aromatic carbocycles. The van der Waals surface area contributed by atoms with Gasteiger partial charge >= 0.3 is 0 Å². The van der Waals surface area contributed by atoms with Crippen LogP contribution in [0.25, 0.3) is 10.8 Å². The predicted octanol–water partition coefficient (Wildman–Crippen LogP) is 4.22. The van der Waals surface area contributed by atoms with Crippen LogP contribution in [0.3, 0.4) is 0 Å². The van der Waals surface area contributed by atoms with Crippen LogP contribution < -0.4 is 0 Å². The van der Waals surface area contributed by atoms with Crippen molar-refractivity contribution in [2.75, 3.05) is 0 Å². The maximum absolute atomic E-state index is 11.2. The Morgan fingerprint density at radius 1 is 0.857 bits per heavy atom. The molecule has 1 nitrogen and oxygen atoms in total. The lowest BCUT2D eigenvalue weighted by Gasteiger charge is -2.25. The molecule has 1 aliphatic rings. The lowest BCUT2D eigenvalue weighted by atomic mass is 9.87.